The Morgan fingerprint density at radius 2 is 1.92 bits per heavy atom. The van der Waals surface area contributed by atoms with Crippen LogP contribution in [-0.2, 0) is 9.53 Å². The SMILES string of the molecule is COc1cc2ncnc(Nc3ccc(F)c(Cl)c3)c2cc1OCCCN1CCC(C(=O)N2CCOCC2)CC1. The number of nitrogens with zero attached hydrogens (tertiary/aromatic N) is 4. The van der Waals surface area contributed by atoms with Crippen LogP contribution < -0.4 is 14.8 Å². The van der Waals surface area contributed by atoms with Gasteiger partial charge in [0, 0.05) is 42.7 Å². The van der Waals surface area contributed by atoms with Gasteiger partial charge in [-0.2, -0.15) is 0 Å². The van der Waals surface area contributed by atoms with Crippen molar-refractivity contribution in [2.75, 3.05) is 65.0 Å². The number of nitrogens with one attached hydrogen (secondary N) is 1. The van der Waals surface area contributed by atoms with Crippen molar-refractivity contribution in [3.63, 3.8) is 0 Å². The highest BCUT2D eigenvalue weighted by molar-refractivity contribution is 6.31. The molecule has 2 aliphatic heterocycles. The third-order valence-electron chi connectivity index (χ3n) is 7.24. The number of morpholine rings is 1. The van der Waals surface area contributed by atoms with Crippen LogP contribution in [0, 0.1) is 11.7 Å². The maximum Gasteiger partial charge on any atom is 0.225 e. The highest BCUT2D eigenvalue weighted by Crippen LogP contribution is 2.35. The Bertz CT molecular complexity index is 1300. The van der Waals surface area contributed by atoms with Gasteiger partial charge >= 0.3 is 0 Å². The molecule has 0 aliphatic carbocycles. The Balaban J connectivity index is 1.16. The Morgan fingerprint density at radius 3 is 2.67 bits per heavy atom. The third kappa shape index (κ3) is 6.69. The van der Waals surface area contributed by atoms with E-state index in [1.54, 1.807) is 13.2 Å². The minimum Gasteiger partial charge on any atom is -0.493 e. The number of benzene rings is 2. The first-order chi connectivity index (χ1) is 19.0. The summed E-state index contributed by atoms with van der Waals surface area (Å²) in [6.07, 6.45) is 4.08. The first-order valence-corrected chi connectivity index (χ1v) is 13.7. The van der Waals surface area contributed by atoms with Crippen molar-refractivity contribution in [2.24, 2.45) is 5.92 Å². The molecule has 0 atom stereocenters. The number of hydrogen-bond donors (Lipinski definition) is 1. The van der Waals surface area contributed by atoms with Gasteiger partial charge in [-0.15, -0.1) is 0 Å². The highest BCUT2D eigenvalue weighted by Gasteiger charge is 2.29. The van der Waals surface area contributed by atoms with Gasteiger partial charge in [-0.1, -0.05) is 11.6 Å². The number of fused-ring (bicyclic) bond motifs is 1. The van der Waals surface area contributed by atoms with E-state index < -0.39 is 5.82 Å². The van der Waals surface area contributed by atoms with Crippen LogP contribution >= 0.6 is 11.6 Å². The van der Waals surface area contributed by atoms with Gasteiger partial charge in [0.2, 0.25) is 5.91 Å². The summed E-state index contributed by atoms with van der Waals surface area (Å²) < 4.78 is 30.6. The molecule has 3 aromatic rings. The van der Waals surface area contributed by atoms with Crippen molar-refractivity contribution < 1.29 is 23.4 Å². The molecule has 0 spiro atoms. The number of hydrogen-bond acceptors (Lipinski definition) is 8. The average molecular weight is 558 g/mol. The number of aromatic nitrogens is 2. The standard InChI is InChI=1S/C28H33ClFN5O4/c1-37-25-17-24-21(27(32-18-31-24)33-20-3-4-23(30)22(29)15-20)16-26(25)39-12-2-7-34-8-5-19(6-9-34)28(36)35-10-13-38-14-11-35/h3-4,15-19H,2,5-14H2,1H3,(H,31,32,33). The molecule has 5 rings (SSSR count). The second-order valence-corrected chi connectivity index (χ2v) is 10.2. The second kappa shape index (κ2) is 12.8. The van der Waals surface area contributed by atoms with Gasteiger partial charge in [-0.3, -0.25) is 4.79 Å². The average Bonchev–Trinajstić information content (AvgIpc) is 2.97. The predicted molar refractivity (Wildman–Crippen MR) is 147 cm³/mol. The van der Waals surface area contributed by atoms with Gasteiger partial charge in [0.05, 0.1) is 37.5 Å². The minimum absolute atomic E-state index is 0.0250. The van der Waals surface area contributed by atoms with E-state index in [4.69, 9.17) is 25.8 Å². The fourth-order valence-corrected chi connectivity index (χ4v) is 5.24. The minimum atomic E-state index is -0.485. The van der Waals surface area contributed by atoms with Crippen LogP contribution in [0.4, 0.5) is 15.9 Å². The summed E-state index contributed by atoms with van der Waals surface area (Å²) in [5, 5.41) is 3.95. The van der Waals surface area contributed by atoms with Crippen molar-refractivity contribution in [3.8, 4) is 11.5 Å². The van der Waals surface area contributed by atoms with Crippen LogP contribution in [0.2, 0.25) is 5.02 Å². The number of anilines is 2. The van der Waals surface area contributed by atoms with Gasteiger partial charge in [-0.05, 0) is 56.6 Å². The first kappa shape index (κ1) is 27.4. The van der Waals surface area contributed by atoms with E-state index in [-0.39, 0.29) is 16.8 Å². The summed E-state index contributed by atoms with van der Waals surface area (Å²) >= 11 is 5.93. The molecule has 208 valence electrons. The van der Waals surface area contributed by atoms with Crippen LogP contribution in [0.15, 0.2) is 36.7 Å². The quantitative estimate of drug-likeness (QED) is 0.384. The van der Waals surface area contributed by atoms with Gasteiger partial charge in [0.15, 0.2) is 11.5 Å². The van der Waals surface area contributed by atoms with E-state index >= 15 is 0 Å². The molecule has 3 heterocycles. The number of halogens is 2. The van der Waals surface area contributed by atoms with Gasteiger partial charge < -0.3 is 29.3 Å². The zero-order valence-corrected chi connectivity index (χ0v) is 22.8. The number of carbonyl (C=O) groups is 1. The van der Waals surface area contributed by atoms with E-state index in [1.165, 1.54) is 18.5 Å². The molecule has 2 saturated heterocycles. The van der Waals surface area contributed by atoms with Crippen LogP contribution in [0.25, 0.3) is 10.9 Å². The summed E-state index contributed by atoms with van der Waals surface area (Å²) in [5.41, 5.74) is 1.29. The summed E-state index contributed by atoms with van der Waals surface area (Å²) in [4.78, 5) is 25.8. The molecule has 0 unspecified atom stereocenters. The van der Waals surface area contributed by atoms with Crippen molar-refractivity contribution in [1.82, 2.24) is 19.8 Å². The summed E-state index contributed by atoms with van der Waals surface area (Å²) in [6.45, 7) is 5.94. The van der Waals surface area contributed by atoms with Crippen molar-refractivity contribution >= 4 is 39.9 Å². The fourth-order valence-electron chi connectivity index (χ4n) is 5.06. The van der Waals surface area contributed by atoms with Crippen molar-refractivity contribution in [3.05, 3.63) is 47.5 Å². The number of rotatable bonds is 9. The van der Waals surface area contributed by atoms with Gasteiger partial charge in [-0.25, -0.2) is 14.4 Å². The van der Waals surface area contributed by atoms with Gasteiger partial charge in [0.25, 0.3) is 0 Å². The molecule has 1 N–H and O–H groups in total. The smallest absolute Gasteiger partial charge is 0.225 e. The molecule has 39 heavy (non-hydrogen) atoms. The molecule has 1 amide bonds. The normalized spacial score (nSPS) is 16.8. The van der Waals surface area contributed by atoms with Crippen molar-refractivity contribution in [2.45, 2.75) is 19.3 Å². The molecule has 0 bridgehead atoms. The Hall–Kier alpha value is -3.21. The number of likely N-dealkylation sites (tertiary alicyclic amines) is 1. The van der Waals surface area contributed by atoms with Crippen molar-refractivity contribution in [1.29, 1.82) is 0 Å². The lowest BCUT2D eigenvalue weighted by atomic mass is 9.95. The third-order valence-corrected chi connectivity index (χ3v) is 7.53. The monoisotopic (exact) mass is 557 g/mol. The molecule has 2 aromatic carbocycles. The zero-order valence-electron chi connectivity index (χ0n) is 22.0. The first-order valence-electron chi connectivity index (χ1n) is 13.3. The summed E-state index contributed by atoms with van der Waals surface area (Å²) in [6, 6.07) is 8.07. The molecule has 2 aliphatic rings. The maximum absolute atomic E-state index is 13.6. The van der Waals surface area contributed by atoms with Gasteiger partial charge in [0.1, 0.15) is 18.0 Å². The summed E-state index contributed by atoms with van der Waals surface area (Å²) in [7, 11) is 1.59. The lowest BCUT2D eigenvalue weighted by molar-refractivity contribution is -0.141. The van der Waals surface area contributed by atoms with E-state index in [0.717, 1.165) is 44.3 Å². The van der Waals surface area contributed by atoms with Crippen LogP contribution in [-0.4, -0.2) is 85.3 Å². The number of amides is 1. The van der Waals surface area contributed by atoms with E-state index in [9.17, 15) is 9.18 Å². The second-order valence-electron chi connectivity index (χ2n) is 9.75. The van der Waals surface area contributed by atoms with E-state index in [0.29, 0.717) is 61.4 Å². The Kier molecular flexibility index (Phi) is 8.95. The topological polar surface area (TPSA) is 89.1 Å². The molecule has 2 fully saturated rings. The summed E-state index contributed by atoms with van der Waals surface area (Å²) in [5.74, 6) is 1.64. The maximum atomic E-state index is 13.6. The number of methoxy groups -OCH3 is 1. The molecule has 11 heteroatoms. The van der Waals surface area contributed by atoms with E-state index in [1.807, 2.05) is 17.0 Å². The lowest BCUT2D eigenvalue weighted by Gasteiger charge is -2.35. The molecular weight excluding hydrogens is 525 g/mol. The zero-order chi connectivity index (χ0) is 27.2. The number of ether oxygens (including phenoxy) is 3. The van der Waals surface area contributed by atoms with Crippen LogP contribution in [0.1, 0.15) is 19.3 Å². The molecule has 9 nitrogen and oxygen atoms in total. The molecule has 0 saturated carbocycles. The number of piperidine rings is 1. The van der Waals surface area contributed by atoms with Crippen LogP contribution in [0.3, 0.4) is 0 Å². The molecule has 0 radical (unpaired) electrons. The fraction of sp³-hybridized carbons (Fsp3) is 0.464. The highest BCUT2D eigenvalue weighted by atomic mass is 35.5. The molecule has 1 aromatic heterocycles. The largest absolute Gasteiger partial charge is 0.493 e. The Morgan fingerprint density at radius 1 is 1.13 bits per heavy atom. The molecular formula is C28H33ClFN5O4. The predicted octanol–water partition coefficient (Wildman–Crippen LogP) is 4.51. The lowest BCUT2D eigenvalue weighted by Crippen LogP contribution is -2.46. The van der Waals surface area contributed by atoms with Crippen LogP contribution in [0.5, 0.6) is 11.5 Å². The number of carbonyl (C=O) groups excluding carboxylic acids is 1. The van der Waals surface area contributed by atoms with E-state index in [2.05, 4.69) is 20.2 Å². The Labute approximate surface area is 232 Å².